The fourth-order valence-corrected chi connectivity index (χ4v) is 5.34. The topological polar surface area (TPSA) is 85.5 Å². The lowest BCUT2D eigenvalue weighted by molar-refractivity contribution is -0.120. The van der Waals surface area contributed by atoms with Crippen LogP contribution in [-0.4, -0.2) is 72.9 Å². The number of allylic oxidation sites excluding steroid dienone is 3. The second-order valence-electron chi connectivity index (χ2n) is 9.57. The number of aliphatic imine (C=N–C) groups is 3. The molecule has 8 nitrogen and oxygen atoms in total. The maximum atomic E-state index is 12.3. The number of pyridine rings is 1. The number of halogens is 1. The van der Waals surface area contributed by atoms with Crippen molar-refractivity contribution in [2.45, 2.75) is 44.3 Å². The summed E-state index contributed by atoms with van der Waals surface area (Å²) in [6, 6.07) is 4.72. The van der Waals surface area contributed by atoms with Crippen LogP contribution in [0.1, 0.15) is 31.4 Å². The molecule has 4 heterocycles. The molecule has 34 heavy (non-hydrogen) atoms. The predicted octanol–water partition coefficient (Wildman–Crippen LogP) is 3.58. The van der Waals surface area contributed by atoms with E-state index in [4.69, 9.17) is 26.6 Å². The van der Waals surface area contributed by atoms with E-state index in [1.807, 2.05) is 19.1 Å². The Kier molecular flexibility index (Phi) is 6.12. The van der Waals surface area contributed by atoms with E-state index in [9.17, 15) is 4.79 Å². The Bertz CT molecular complexity index is 1140. The summed E-state index contributed by atoms with van der Waals surface area (Å²) in [6.07, 6.45) is 9.96. The number of ketones is 1. The number of aromatic nitrogens is 1. The molecule has 2 fully saturated rings. The molecule has 0 amide bonds. The van der Waals surface area contributed by atoms with Crippen LogP contribution in [0.15, 0.2) is 49.9 Å². The number of aryl methyl sites for hydroxylation is 1. The van der Waals surface area contributed by atoms with Crippen LogP contribution in [0.3, 0.4) is 0 Å². The number of nitrogens with zero attached hydrogens (tertiary/aromatic N) is 6. The lowest BCUT2D eigenvalue weighted by Gasteiger charge is -2.39. The van der Waals surface area contributed by atoms with Gasteiger partial charge in [-0.25, -0.2) is 15.0 Å². The van der Waals surface area contributed by atoms with Gasteiger partial charge in [0.2, 0.25) is 5.96 Å². The highest BCUT2D eigenvalue weighted by atomic mass is 35.5. The molecule has 3 aliphatic heterocycles. The minimum absolute atomic E-state index is 0.150. The van der Waals surface area contributed by atoms with E-state index < -0.39 is 5.66 Å². The maximum absolute atomic E-state index is 12.3. The quantitative estimate of drug-likeness (QED) is 0.716. The minimum Gasteiger partial charge on any atom is -0.356 e. The van der Waals surface area contributed by atoms with Crippen LogP contribution in [0.5, 0.6) is 0 Å². The second-order valence-corrected chi connectivity index (χ2v) is 10.0. The third-order valence-corrected chi connectivity index (χ3v) is 7.37. The summed E-state index contributed by atoms with van der Waals surface area (Å²) in [5, 5.41) is 3.88. The van der Waals surface area contributed by atoms with Crippen molar-refractivity contribution in [2.24, 2.45) is 20.9 Å². The number of carbonyl (C=O) groups is 1. The summed E-state index contributed by atoms with van der Waals surface area (Å²) in [5.41, 5.74) is 1.65. The molecule has 4 aliphatic rings. The van der Waals surface area contributed by atoms with Crippen molar-refractivity contribution >= 4 is 47.3 Å². The molecule has 2 atom stereocenters. The Labute approximate surface area is 205 Å². The van der Waals surface area contributed by atoms with Crippen molar-refractivity contribution in [1.82, 2.24) is 9.88 Å². The molecule has 0 radical (unpaired) electrons. The highest BCUT2D eigenvalue weighted by molar-refractivity contribution is 6.32. The van der Waals surface area contributed by atoms with Crippen molar-refractivity contribution in [3.8, 4) is 0 Å². The first-order valence-corrected chi connectivity index (χ1v) is 12.2. The molecule has 0 bridgehead atoms. The second kappa shape index (κ2) is 9.07. The number of hydrogen-bond donors (Lipinski definition) is 1. The molecule has 9 heteroatoms. The first-order chi connectivity index (χ1) is 16.3. The van der Waals surface area contributed by atoms with E-state index in [-0.39, 0.29) is 11.7 Å². The average Bonchev–Trinajstić information content (AvgIpc) is 2.96. The van der Waals surface area contributed by atoms with Crippen LogP contribution in [0.25, 0.3) is 0 Å². The van der Waals surface area contributed by atoms with Gasteiger partial charge in [0, 0.05) is 49.4 Å². The fourth-order valence-electron chi connectivity index (χ4n) is 5.15. The molecular weight excluding hydrogens is 450 g/mol. The van der Waals surface area contributed by atoms with E-state index in [0.717, 1.165) is 48.7 Å². The van der Waals surface area contributed by atoms with Crippen LogP contribution >= 0.6 is 11.6 Å². The number of nitrogens with one attached hydrogen (secondary N) is 1. The first-order valence-electron chi connectivity index (χ1n) is 11.8. The van der Waals surface area contributed by atoms with Gasteiger partial charge >= 0.3 is 0 Å². The van der Waals surface area contributed by atoms with E-state index in [2.05, 4.69) is 40.3 Å². The number of anilines is 2. The highest BCUT2D eigenvalue weighted by Gasteiger charge is 2.48. The lowest BCUT2D eigenvalue weighted by Crippen LogP contribution is -2.46. The summed E-state index contributed by atoms with van der Waals surface area (Å²) >= 11 is 6.28. The Hall–Kier alpha value is -2.84. The van der Waals surface area contributed by atoms with Gasteiger partial charge in [-0.2, -0.15) is 0 Å². The van der Waals surface area contributed by atoms with Gasteiger partial charge in [0.25, 0.3) is 0 Å². The van der Waals surface area contributed by atoms with Crippen LogP contribution in [0.4, 0.5) is 11.5 Å². The molecule has 0 aromatic carbocycles. The number of piperidine rings is 1. The summed E-state index contributed by atoms with van der Waals surface area (Å²) < 4.78 is 0. The third-order valence-electron chi connectivity index (χ3n) is 7.13. The number of hydrogen-bond acceptors (Lipinski definition) is 8. The minimum atomic E-state index is -0.886. The molecule has 1 aromatic rings. The average molecular weight is 480 g/mol. The molecule has 178 valence electrons. The highest BCUT2D eigenvalue weighted by Crippen LogP contribution is 2.43. The first kappa shape index (κ1) is 22.9. The molecule has 1 aromatic heterocycles. The monoisotopic (exact) mass is 479 g/mol. The molecule has 1 saturated heterocycles. The van der Waals surface area contributed by atoms with Gasteiger partial charge in [-0.1, -0.05) is 11.6 Å². The van der Waals surface area contributed by atoms with Crippen molar-refractivity contribution in [3.63, 3.8) is 0 Å². The van der Waals surface area contributed by atoms with Gasteiger partial charge < -0.3 is 15.1 Å². The summed E-state index contributed by atoms with van der Waals surface area (Å²) in [4.78, 5) is 36.0. The van der Waals surface area contributed by atoms with Crippen LogP contribution in [0.2, 0.25) is 0 Å². The van der Waals surface area contributed by atoms with Gasteiger partial charge in [-0.15, -0.1) is 0 Å². The third kappa shape index (κ3) is 4.32. The van der Waals surface area contributed by atoms with Crippen LogP contribution in [0, 0.1) is 12.8 Å². The summed E-state index contributed by atoms with van der Waals surface area (Å²) in [5.74, 6) is 1.38. The van der Waals surface area contributed by atoms with Gasteiger partial charge in [-0.3, -0.25) is 9.79 Å². The van der Waals surface area contributed by atoms with E-state index in [0.29, 0.717) is 29.9 Å². The zero-order valence-electron chi connectivity index (χ0n) is 19.8. The molecule has 1 N–H and O–H groups in total. The molecule has 5 rings (SSSR count). The molecule has 2 unspecified atom stereocenters. The van der Waals surface area contributed by atoms with Crippen molar-refractivity contribution in [3.05, 3.63) is 40.6 Å². The molecule has 1 saturated carbocycles. The van der Waals surface area contributed by atoms with Gasteiger partial charge in [0.15, 0.2) is 5.66 Å². The zero-order valence-corrected chi connectivity index (χ0v) is 20.6. The Morgan fingerprint density at radius 3 is 2.76 bits per heavy atom. The van der Waals surface area contributed by atoms with Crippen LogP contribution in [-0.2, 0) is 4.79 Å². The largest absolute Gasteiger partial charge is 0.356 e. The summed E-state index contributed by atoms with van der Waals surface area (Å²) in [7, 11) is 4.30. The lowest BCUT2D eigenvalue weighted by atomic mass is 9.75. The number of Topliss-reactive ketones (excluding diaryl/α,β-unsaturated/α-hetero) is 1. The Balaban J connectivity index is 1.36. The van der Waals surface area contributed by atoms with Gasteiger partial charge in [0.1, 0.15) is 11.6 Å². The molecule has 1 spiro atoms. The number of carbonyl (C=O) groups excluding carboxylic acids is 1. The van der Waals surface area contributed by atoms with Crippen molar-refractivity contribution in [2.75, 3.05) is 37.4 Å². The fraction of sp³-hybridized carbons (Fsp3) is 0.480. The van der Waals surface area contributed by atoms with Gasteiger partial charge in [-0.05, 0) is 63.7 Å². The Morgan fingerprint density at radius 1 is 1.24 bits per heavy atom. The zero-order chi connectivity index (χ0) is 23.9. The predicted molar refractivity (Wildman–Crippen MR) is 138 cm³/mol. The molecular formula is C25H30ClN7O. The van der Waals surface area contributed by atoms with Crippen LogP contribution < -0.4 is 10.2 Å². The molecule has 1 aliphatic carbocycles. The SMILES string of the molecule is Cc1nc(N2CCC(N(C)C)CC2)ccc1NC1=NC23N=CC=C(Cl)C=C2CC(=O)CC3C=N1. The number of guanidine groups is 1. The van der Waals surface area contributed by atoms with E-state index in [1.54, 1.807) is 18.5 Å². The maximum Gasteiger partial charge on any atom is 0.224 e. The number of rotatable bonds is 3. The Morgan fingerprint density at radius 2 is 2.03 bits per heavy atom. The van der Waals surface area contributed by atoms with Crippen molar-refractivity contribution in [1.29, 1.82) is 0 Å². The van der Waals surface area contributed by atoms with E-state index in [1.165, 1.54) is 0 Å². The normalized spacial score (nSPS) is 27.0. The van der Waals surface area contributed by atoms with E-state index >= 15 is 0 Å². The standard InChI is InChI=1S/C25H30ClN7O/c1-16-22(4-5-23(29-16)33-10-7-20(8-11-33)32(2)3)30-24-27-15-18-14-21(34)13-17-12-19(26)6-9-28-25(17,18)31-24/h4-6,9,12,15,18,20H,7-8,10-11,13-14H2,1-3H3,(H,30,31). The smallest absolute Gasteiger partial charge is 0.224 e. The van der Waals surface area contributed by atoms with Gasteiger partial charge in [0.05, 0.1) is 17.3 Å². The van der Waals surface area contributed by atoms with Crippen molar-refractivity contribution < 1.29 is 4.79 Å². The summed E-state index contributed by atoms with van der Waals surface area (Å²) in [6.45, 7) is 4.00.